The number of halogens is 3. The number of ether oxygens (including phenoxy) is 1. The minimum atomic E-state index is -0.644. The first kappa shape index (κ1) is 15.8. The molecule has 0 radical (unpaired) electrons. The number of rotatable bonds is 4. The van der Waals surface area contributed by atoms with E-state index >= 15 is 0 Å². The summed E-state index contributed by atoms with van der Waals surface area (Å²) in [5.74, 6) is 0.722. The van der Waals surface area contributed by atoms with Crippen molar-refractivity contribution in [3.05, 3.63) is 61.5 Å². The number of benzene rings is 2. The van der Waals surface area contributed by atoms with Crippen LogP contribution in [0.1, 0.15) is 17.2 Å². The first-order chi connectivity index (χ1) is 9.51. The zero-order chi connectivity index (χ0) is 14.7. The van der Waals surface area contributed by atoms with Crippen molar-refractivity contribution in [1.29, 1.82) is 0 Å². The smallest absolute Gasteiger partial charge is 0.122 e. The Morgan fingerprint density at radius 2 is 1.95 bits per heavy atom. The molecule has 0 aromatic heterocycles. The molecule has 2 aromatic rings. The average molecular weight is 421 g/mol. The molecule has 1 N–H and O–H groups in total. The number of methoxy groups -OCH3 is 1. The fourth-order valence-electron chi connectivity index (χ4n) is 1.99. The van der Waals surface area contributed by atoms with Gasteiger partial charge in [0, 0.05) is 20.4 Å². The lowest BCUT2D eigenvalue weighted by Gasteiger charge is -2.16. The maximum Gasteiger partial charge on any atom is 0.122 e. The fraction of sp³-hybridized carbons (Fsp3) is 0.200. The van der Waals surface area contributed by atoms with Gasteiger partial charge in [-0.05, 0) is 47.5 Å². The molecule has 0 spiro atoms. The summed E-state index contributed by atoms with van der Waals surface area (Å²) in [6.07, 6.45) is -0.215. The number of hydrogen-bond acceptors (Lipinski definition) is 2. The van der Waals surface area contributed by atoms with E-state index in [-0.39, 0.29) is 0 Å². The van der Waals surface area contributed by atoms with Crippen LogP contribution in [0.15, 0.2) is 45.3 Å². The summed E-state index contributed by atoms with van der Waals surface area (Å²) < 4.78 is 7.09. The average Bonchev–Trinajstić information content (AvgIpc) is 2.41. The highest BCUT2D eigenvalue weighted by Gasteiger charge is 2.15. The molecule has 20 heavy (non-hydrogen) atoms. The first-order valence-electron chi connectivity index (χ1n) is 5.96. The lowest BCUT2D eigenvalue weighted by atomic mass is 10.0. The Balaban J connectivity index is 2.29. The van der Waals surface area contributed by atoms with Gasteiger partial charge in [-0.15, -0.1) is 0 Å². The third kappa shape index (κ3) is 3.76. The van der Waals surface area contributed by atoms with Gasteiger partial charge in [-0.2, -0.15) is 0 Å². The van der Waals surface area contributed by atoms with E-state index in [1.807, 2.05) is 24.3 Å². The van der Waals surface area contributed by atoms with Crippen LogP contribution in [0.2, 0.25) is 5.02 Å². The molecule has 0 fully saturated rings. The Bertz CT molecular complexity index is 617. The van der Waals surface area contributed by atoms with Crippen LogP contribution in [0.25, 0.3) is 0 Å². The van der Waals surface area contributed by atoms with Crippen molar-refractivity contribution in [2.24, 2.45) is 0 Å². The van der Waals surface area contributed by atoms with Crippen LogP contribution in [-0.2, 0) is 6.42 Å². The van der Waals surface area contributed by atoms with Crippen LogP contribution in [-0.4, -0.2) is 12.2 Å². The highest BCUT2D eigenvalue weighted by atomic mass is 79.9. The van der Waals surface area contributed by atoms with Gasteiger partial charge < -0.3 is 9.84 Å². The first-order valence-corrected chi connectivity index (χ1v) is 7.93. The van der Waals surface area contributed by atoms with Crippen molar-refractivity contribution < 1.29 is 9.84 Å². The van der Waals surface area contributed by atoms with Gasteiger partial charge in [0.15, 0.2) is 0 Å². The molecular formula is C15H13Br2ClO2. The predicted molar refractivity (Wildman–Crippen MR) is 88.5 cm³/mol. The van der Waals surface area contributed by atoms with E-state index in [0.29, 0.717) is 11.4 Å². The highest BCUT2D eigenvalue weighted by Crippen LogP contribution is 2.32. The van der Waals surface area contributed by atoms with E-state index in [9.17, 15) is 5.11 Å². The van der Waals surface area contributed by atoms with Gasteiger partial charge in [-0.1, -0.05) is 43.5 Å². The molecule has 106 valence electrons. The summed E-state index contributed by atoms with van der Waals surface area (Å²) in [6, 6.07) is 11.1. The van der Waals surface area contributed by atoms with E-state index in [2.05, 4.69) is 31.9 Å². The van der Waals surface area contributed by atoms with E-state index in [0.717, 1.165) is 25.8 Å². The van der Waals surface area contributed by atoms with E-state index in [4.69, 9.17) is 16.3 Å². The van der Waals surface area contributed by atoms with Crippen LogP contribution in [0.4, 0.5) is 0 Å². The summed E-state index contributed by atoms with van der Waals surface area (Å²) in [5.41, 5.74) is 1.70. The van der Waals surface area contributed by atoms with Crippen molar-refractivity contribution in [3.63, 3.8) is 0 Å². The van der Waals surface area contributed by atoms with Gasteiger partial charge in [-0.3, -0.25) is 0 Å². The van der Waals surface area contributed by atoms with Crippen molar-refractivity contribution in [2.45, 2.75) is 12.5 Å². The third-order valence-corrected chi connectivity index (χ3v) is 4.42. The van der Waals surface area contributed by atoms with Crippen molar-refractivity contribution in [3.8, 4) is 5.75 Å². The molecule has 1 unspecified atom stereocenters. The van der Waals surface area contributed by atoms with Crippen molar-refractivity contribution >= 4 is 43.5 Å². The quantitative estimate of drug-likeness (QED) is 0.741. The monoisotopic (exact) mass is 418 g/mol. The standard InChI is InChI=1S/C15H13Br2ClO2/c1-20-15-5-3-11(18)6-9(15)7-14(19)12-8-10(16)2-4-13(12)17/h2-6,8,14,19H,7H2,1H3. The lowest BCUT2D eigenvalue weighted by molar-refractivity contribution is 0.176. The van der Waals surface area contributed by atoms with Gasteiger partial charge in [0.05, 0.1) is 13.2 Å². The van der Waals surface area contributed by atoms with Gasteiger partial charge in [0.1, 0.15) is 5.75 Å². The summed E-state index contributed by atoms with van der Waals surface area (Å²) in [7, 11) is 1.61. The Morgan fingerprint density at radius 3 is 2.65 bits per heavy atom. The van der Waals surface area contributed by atoms with Crippen molar-refractivity contribution in [2.75, 3.05) is 7.11 Å². The molecule has 0 amide bonds. The molecule has 0 saturated heterocycles. The Labute approximate surface area is 140 Å². The molecule has 0 heterocycles. The van der Waals surface area contributed by atoms with Crippen molar-refractivity contribution in [1.82, 2.24) is 0 Å². The second-order valence-electron chi connectivity index (χ2n) is 4.34. The third-order valence-electron chi connectivity index (χ3n) is 2.97. The van der Waals surface area contributed by atoms with Gasteiger partial charge in [-0.25, -0.2) is 0 Å². The van der Waals surface area contributed by atoms with Crippen LogP contribution in [0.5, 0.6) is 5.75 Å². The molecule has 1 atom stereocenters. The highest BCUT2D eigenvalue weighted by molar-refractivity contribution is 9.11. The molecule has 2 nitrogen and oxygen atoms in total. The van der Waals surface area contributed by atoms with Gasteiger partial charge in [0.25, 0.3) is 0 Å². The number of aliphatic hydroxyl groups is 1. The Kier molecular flexibility index (Phi) is 5.49. The van der Waals surface area contributed by atoms with Crippen LogP contribution < -0.4 is 4.74 Å². The molecule has 0 aliphatic heterocycles. The van der Waals surface area contributed by atoms with Gasteiger partial charge in [0.2, 0.25) is 0 Å². The largest absolute Gasteiger partial charge is 0.496 e. The SMILES string of the molecule is COc1ccc(Cl)cc1CC(O)c1cc(Br)ccc1Br. The Hall–Kier alpha value is -0.550. The molecule has 5 heteroatoms. The molecule has 0 bridgehead atoms. The number of hydrogen-bond donors (Lipinski definition) is 1. The maximum absolute atomic E-state index is 10.4. The minimum absolute atomic E-state index is 0.429. The number of aliphatic hydroxyl groups excluding tert-OH is 1. The zero-order valence-corrected chi connectivity index (χ0v) is 14.7. The Morgan fingerprint density at radius 1 is 1.20 bits per heavy atom. The van der Waals surface area contributed by atoms with E-state index in [1.54, 1.807) is 19.2 Å². The normalized spacial score (nSPS) is 12.2. The zero-order valence-electron chi connectivity index (χ0n) is 10.7. The second-order valence-corrected chi connectivity index (χ2v) is 6.55. The summed E-state index contributed by atoms with van der Waals surface area (Å²) in [5, 5.41) is 11.1. The van der Waals surface area contributed by atoms with E-state index < -0.39 is 6.10 Å². The maximum atomic E-state index is 10.4. The van der Waals surface area contributed by atoms with Crippen LogP contribution >= 0.6 is 43.5 Å². The molecule has 0 saturated carbocycles. The summed E-state index contributed by atoms with van der Waals surface area (Å²) in [4.78, 5) is 0. The summed E-state index contributed by atoms with van der Waals surface area (Å²) in [6.45, 7) is 0. The van der Waals surface area contributed by atoms with Crippen LogP contribution in [0.3, 0.4) is 0 Å². The van der Waals surface area contributed by atoms with Gasteiger partial charge >= 0.3 is 0 Å². The summed E-state index contributed by atoms with van der Waals surface area (Å²) >= 11 is 12.9. The molecule has 2 rings (SSSR count). The molecule has 2 aromatic carbocycles. The lowest BCUT2D eigenvalue weighted by Crippen LogP contribution is -2.04. The fourth-order valence-corrected chi connectivity index (χ4v) is 3.08. The second kappa shape index (κ2) is 6.94. The topological polar surface area (TPSA) is 29.5 Å². The molecule has 0 aliphatic rings. The minimum Gasteiger partial charge on any atom is -0.496 e. The van der Waals surface area contributed by atoms with Crippen LogP contribution in [0, 0.1) is 0 Å². The predicted octanol–water partition coefficient (Wildman–Crippen LogP) is 5.15. The van der Waals surface area contributed by atoms with E-state index in [1.165, 1.54) is 0 Å². The molecular weight excluding hydrogens is 407 g/mol. The molecule has 0 aliphatic carbocycles.